The number of halogens is 2. The number of nitrogens with one attached hydrogen (secondary N) is 5. The van der Waals surface area contributed by atoms with Crippen LogP contribution >= 0.6 is 11.6 Å². The molecule has 4 amide bonds. The fourth-order valence-corrected chi connectivity index (χ4v) is 2.89. The predicted molar refractivity (Wildman–Crippen MR) is 117 cm³/mol. The number of carbonyl (C=O) groups is 3. The van der Waals surface area contributed by atoms with E-state index >= 15 is 0 Å². The highest BCUT2D eigenvalue weighted by Crippen LogP contribution is 2.27. The van der Waals surface area contributed by atoms with Crippen molar-refractivity contribution in [3.8, 4) is 11.3 Å². The Morgan fingerprint density at radius 1 is 1.19 bits per heavy atom. The van der Waals surface area contributed by atoms with E-state index in [0.29, 0.717) is 11.1 Å². The quantitative estimate of drug-likeness (QED) is 0.385. The van der Waals surface area contributed by atoms with Crippen molar-refractivity contribution in [2.75, 3.05) is 17.7 Å². The van der Waals surface area contributed by atoms with Crippen LogP contribution in [0.4, 0.5) is 20.8 Å². The molecular weight excluding hydrogens is 441 g/mol. The van der Waals surface area contributed by atoms with Crippen molar-refractivity contribution in [3.63, 3.8) is 0 Å². The molecule has 5 N–H and O–H groups in total. The summed E-state index contributed by atoms with van der Waals surface area (Å²) in [5, 5.41) is 10.1. The van der Waals surface area contributed by atoms with Gasteiger partial charge in [-0.15, -0.1) is 0 Å². The Hall–Kier alpha value is -3.99. The van der Waals surface area contributed by atoms with Crippen LogP contribution in [0.25, 0.3) is 11.3 Å². The minimum atomic E-state index is -0.541. The molecule has 0 saturated heterocycles. The Labute approximate surface area is 187 Å². The van der Waals surface area contributed by atoms with E-state index in [1.165, 1.54) is 50.6 Å². The van der Waals surface area contributed by atoms with Crippen LogP contribution in [0.1, 0.15) is 23.0 Å². The van der Waals surface area contributed by atoms with E-state index in [1.54, 1.807) is 0 Å². The van der Waals surface area contributed by atoms with Gasteiger partial charge in [0.1, 0.15) is 17.2 Å². The molecule has 2 heterocycles. The number of hydrogen-bond donors (Lipinski definition) is 5. The van der Waals surface area contributed by atoms with Gasteiger partial charge in [-0.3, -0.25) is 14.9 Å². The summed E-state index contributed by atoms with van der Waals surface area (Å²) in [6.07, 6.45) is 2.87. The molecule has 10 nitrogen and oxygen atoms in total. The fraction of sp³-hybridized carbons (Fsp3) is 0.150. The highest BCUT2D eigenvalue weighted by atomic mass is 35.5. The van der Waals surface area contributed by atoms with Crippen molar-refractivity contribution in [1.82, 2.24) is 25.6 Å². The second kappa shape index (κ2) is 9.88. The Bertz CT molecular complexity index is 1180. The Kier molecular flexibility index (Phi) is 7.00. The zero-order valence-corrected chi connectivity index (χ0v) is 17.8. The van der Waals surface area contributed by atoms with Crippen molar-refractivity contribution in [1.29, 1.82) is 0 Å². The number of amides is 4. The molecule has 0 spiro atoms. The number of anilines is 2. The maximum Gasteiger partial charge on any atom is 0.319 e. The molecule has 0 aliphatic rings. The number of nitrogens with zero attached hydrogens (tertiary/aromatic N) is 2. The van der Waals surface area contributed by atoms with Gasteiger partial charge in [-0.1, -0.05) is 17.7 Å². The molecule has 32 heavy (non-hydrogen) atoms. The second-order valence-corrected chi connectivity index (χ2v) is 6.98. The number of urea groups is 1. The molecule has 2 aromatic heterocycles. The number of aromatic amines is 1. The van der Waals surface area contributed by atoms with Crippen LogP contribution in [0.5, 0.6) is 0 Å². The molecule has 0 radical (unpaired) electrons. The first-order chi connectivity index (χ1) is 15.3. The van der Waals surface area contributed by atoms with Crippen molar-refractivity contribution >= 4 is 41.1 Å². The van der Waals surface area contributed by atoms with Crippen molar-refractivity contribution < 1.29 is 18.8 Å². The lowest BCUT2D eigenvalue weighted by atomic mass is 10.2. The molecule has 0 aliphatic heterocycles. The zero-order chi connectivity index (χ0) is 23.3. The summed E-state index contributed by atoms with van der Waals surface area (Å²) in [5.41, 5.74) is 1.88. The van der Waals surface area contributed by atoms with Crippen LogP contribution in [0.15, 0.2) is 36.7 Å². The van der Waals surface area contributed by atoms with Gasteiger partial charge in [0.15, 0.2) is 0 Å². The average Bonchev–Trinajstić information content (AvgIpc) is 3.25. The van der Waals surface area contributed by atoms with Crippen LogP contribution in [0, 0.1) is 5.82 Å². The van der Waals surface area contributed by atoms with Gasteiger partial charge in [0.05, 0.1) is 16.9 Å². The highest BCUT2D eigenvalue weighted by molar-refractivity contribution is 6.30. The van der Waals surface area contributed by atoms with Crippen LogP contribution < -0.4 is 21.3 Å². The lowest BCUT2D eigenvalue weighted by Gasteiger charge is -2.10. The molecular formula is C20H19ClFN7O3. The third-order valence-corrected chi connectivity index (χ3v) is 4.48. The minimum absolute atomic E-state index is 0.0335. The van der Waals surface area contributed by atoms with E-state index in [2.05, 4.69) is 36.2 Å². The van der Waals surface area contributed by atoms with Crippen molar-refractivity contribution in [3.05, 3.63) is 58.8 Å². The summed E-state index contributed by atoms with van der Waals surface area (Å²) < 4.78 is 13.3. The third kappa shape index (κ3) is 5.58. The number of hydrogen-bond acceptors (Lipinski definition) is 5. The zero-order valence-electron chi connectivity index (χ0n) is 17.0. The van der Waals surface area contributed by atoms with Gasteiger partial charge >= 0.3 is 6.03 Å². The van der Waals surface area contributed by atoms with Gasteiger partial charge in [-0.05, 0) is 23.8 Å². The summed E-state index contributed by atoms with van der Waals surface area (Å²) in [5.74, 6) is -1.29. The SMILES string of the molecule is CNC(=O)Nc1cnc(NC(C)=O)nc1-c1c[nH]c(C(=O)NCc2ccc(F)c(Cl)c2)c1. The van der Waals surface area contributed by atoms with Gasteiger partial charge in [0.25, 0.3) is 5.91 Å². The minimum Gasteiger partial charge on any atom is -0.357 e. The first kappa shape index (κ1) is 22.7. The lowest BCUT2D eigenvalue weighted by molar-refractivity contribution is -0.114. The largest absolute Gasteiger partial charge is 0.357 e. The molecule has 166 valence electrons. The van der Waals surface area contributed by atoms with Crippen LogP contribution in [0.2, 0.25) is 5.02 Å². The molecule has 0 bridgehead atoms. The molecule has 0 unspecified atom stereocenters. The topological polar surface area (TPSA) is 141 Å². The maximum atomic E-state index is 13.3. The molecule has 0 saturated carbocycles. The summed E-state index contributed by atoms with van der Waals surface area (Å²) in [6.45, 7) is 1.45. The first-order valence-electron chi connectivity index (χ1n) is 9.31. The number of rotatable bonds is 6. The van der Waals surface area contributed by atoms with Crippen LogP contribution in [0.3, 0.4) is 0 Å². The normalized spacial score (nSPS) is 10.4. The first-order valence-corrected chi connectivity index (χ1v) is 9.69. The van der Waals surface area contributed by atoms with Crippen molar-refractivity contribution in [2.24, 2.45) is 0 Å². The highest BCUT2D eigenvalue weighted by Gasteiger charge is 2.16. The number of benzene rings is 1. The summed E-state index contributed by atoms with van der Waals surface area (Å²) in [6, 6.07) is 5.20. The number of H-pyrrole nitrogens is 1. The lowest BCUT2D eigenvalue weighted by Crippen LogP contribution is -2.25. The fourth-order valence-electron chi connectivity index (χ4n) is 2.69. The Morgan fingerprint density at radius 3 is 2.66 bits per heavy atom. The van der Waals surface area contributed by atoms with Gasteiger partial charge in [-0.2, -0.15) is 0 Å². The molecule has 3 rings (SSSR count). The van der Waals surface area contributed by atoms with Crippen LogP contribution in [-0.4, -0.2) is 39.8 Å². The molecule has 12 heteroatoms. The average molecular weight is 460 g/mol. The smallest absolute Gasteiger partial charge is 0.319 e. The predicted octanol–water partition coefficient (Wildman–Crippen LogP) is 2.90. The van der Waals surface area contributed by atoms with E-state index in [9.17, 15) is 18.8 Å². The number of aromatic nitrogens is 3. The Morgan fingerprint density at radius 2 is 1.97 bits per heavy atom. The molecule has 0 atom stereocenters. The van der Waals surface area contributed by atoms with E-state index < -0.39 is 17.8 Å². The van der Waals surface area contributed by atoms with E-state index in [0.717, 1.165) is 0 Å². The standard InChI is InChI=1S/C20H19ClFN7O3/c1-10(30)27-19-26-9-16(28-20(32)23-2)17(29-19)12-6-15(24-8-12)18(31)25-7-11-3-4-14(22)13(21)5-11/h3-6,8-9,24H,7H2,1-2H3,(H,25,31)(H2,23,28,32)(H,26,27,29,30). The third-order valence-electron chi connectivity index (χ3n) is 4.19. The molecule has 1 aromatic carbocycles. The van der Waals surface area contributed by atoms with E-state index in [-0.39, 0.29) is 40.5 Å². The monoisotopic (exact) mass is 459 g/mol. The van der Waals surface area contributed by atoms with Crippen LogP contribution in [-0.2, 0) is 11.3 Å². The summed E-state index contributed by atoms with van der Waals surface area (Å²) in [7, 11) is 1.45. The van der Waals surface area contributed by atoms with E-state index in [4.69, 9.17) is 11.6 Å². The Balaban J connectivity index is 1.81. The van der Waals surface area contributed by atoms with Gasteiger partial charge in [0.2, 0.25) is 11.9 Å². The van der Waals surface area contributed by atoms with E-state index in [1.807, 2.05) is 0 Å². The van der Waals surface area contributed by atoms with Gasteiger partial charge in [-0.25, -0.2) is 19.2 Å². The second-order valence-electron chi connectivity index (χ2n) is 6.57. The molecule has 0 aliphatic carbocycles. The molecule has 0 fully saturated rings. The van der Waals surface area contributed by atoms with Crippen molar-refractivity contribution in [2.45, 2.75) is 13.5 Å². The number of carbonyl (C=O) groups excluding carboxylic acids is 3. The van der Waals surface area contributed by atoms with Gasteiger partial charge in [0, 0.05) is 32.3 Å². The summed E-state index contributed by atoms with van der Waals surface area (Å²) in [4.78, 5) is 46.7. The van der Waals surface area contributed by atoms with Gasteiger partial charge < -0.3 is 20.9 Å². The molecule has 3 aromatic rings. The maximum absolute atomic E-state index is 13.3. The summed E-state index contributed by atoms with van der Waals surface area (Å²) >= 11 is 5.76.